The molecule has 1 aromatic carbocycles. The van der Waals surface area contributed by atoms with E-state index in [1.165, 1.54) is 0 Å². The summed E-state index contributed by atoms with van der Waals surface area (Å²) in [6.45, 7) is 3.02. The summed E-state index contributed by atoms with van der Waals surface area (Å²) in [6.07, 6.45) is 0. The first-order chi connectivity index (χ1) is 8.65. The second kappa shape index (κ2) is 6.66. The van der Waals surface area contributed by atoms with Crippen LogP contribution in [0.4, 0.5) is 0 Å². The molecule has 1 aliphatic heterocycles. The van der Waals surface area contributed by atoms with Crippen LogP contribution in [-0.2, 0) is 4.79 Å². The number of piperazine rings is 1. The number of rotatable bonds is 4. The molecule has 2 rings (SSSR count). The van der Waals surface area contributed by atoms with Gasteiger partial charge < -0.3 is 5.32 Å². The number of hydrogen-bond acceptors (Lipinski definition) is 3. The van der Waals surface area contributed by atoms with E-state index in [9.17, 15) is 4.79 Å². The molecule has 98 valence electrons. The zero-order valence-electron chi connectivity index (χ0n) is 9.79. The monoisotopic (exact) mass is 304 g/mol. The zero-order chi connectivity index (χ0) is 13.0. The molecular formula is C12H14Cl2N2OS. The summed E-state index contributed by atoms with van der Waals surface area (Å²) in [7, 11) is 0. The van der Waals surface area contributed by atoms with E-state index in [0.717, 1.165) is 35.3 Å². The van der Waals surface area contributed by atoms with Gasteiger partial charge in [-0.2, -0.15) is 0 Å². The molecule has 0 saturated carbocycles. The lowest BCUT2D eigenvalue weighted by molar-refractivity contribution is -0.123. The largest absolute Gasteiger partial charge is 0.354 e. The Morgan fingerprint density at radius 2 is 2.22 bits per heavy atom. The molecule has 1 aromatic rings. The summed E-state index contributed by atoms with van der Waals surface area (Å²) in [4.78, 5) is 14.3. The van der Waals surface area contributed by atoms with Crippen LogP contribution in [0, 0.1) is 0 Å². The second-order valence-corrected chi connectivity index (χ2v) is 6.03. The molecule has 0 spiro atoms. The molecule has 1 amide bonds. The van der Waals surface area contributed by atoms with E-state index in [0.29, 0.717) is 11.6 Å². The summed E-state index contributed by atoms with van der Waals surface area (Å²) in [6, 6.07) is 5.46. The molecule has 0 atom stereocenters. The first kappa shape index (κ1) is 14.0. The number of halogens is 2. The molecule has 0 bridgehead atoms. The maximum absolute atomic E-state index is 11.2. The van der Waals surface area contributed by atoms with Crippen LogP contribution in [0.2, 0.25) is 10.0 Å². The van der Waals surface area contributed by atoms with Crippen molar-refractivity contribution in [3.63, 3.8) is 0 Å². The van der Waals surface area contributed by atoms with Gasteiger partial charge in [0.05, 0.1) is 11.6 Å². The summed E-state index contributed by atoms with van der Waals surface area (Å²) in [5, 5.41) is 4.23. The number of carbonyl (C=O) groups is 1. The van der Waals surface area contributed by atoms with Gasteiger partial charge in [-0.1, -0.05) is 23.2 Å². The fourth-order valence-corrected chi connectivity index (χ4v) is 3.26. The Bertz CT molecular complexity index is 442. The van der Waals surface area contributed by atoms with E-state index in [1.807, 2.05) is 6.07 Å². The molecular weight excluding hydrogens is 291 g/mol. The Kier molecular flexibility index (Phi) is 5.18. The van der Waals surface area contributed by atoms with Gasteiger partial charge in [-0.25, -0.2) is 0 Å². The summed E-state index contributed by atoms with van der Waals surface area (Å²) in [5.74, 6) is 1.000. The predicted molar refractivity (Wildman–Crippen MR) is 76.6 cm³/mol. The molecule has 1 aliphatic rings. The molecule has 0 aromatic heterocycles. The molecule has 0 radical (unpaired) electrons. The van der Waals surface area contributed by atoms with Gasteiger partial charge in [-0.05, 0) is 18.2 Å². The Balaban J connectivity index is 1.81. The minimum Gasteiger partial charge on any atom is -0.354 e. The zero-order valence-corrected chi connectivity index (χ0v) is 12.1. The van der Waals surface area contributed by atoms with Crippen molar-refractivity contribution in [2.75, 3.05) is 31.9 Å². The van der Waals surface area contributed by atoms with Gasteiger partial charge in [-0.15, -0.1) is 11.8 Å². The number of benzene rings is 1. The lowest BCUT2D eigenvalue weighted by Gasteiger charge is -2.26. The van der Waals surface area contributed by atoms with Crippen molar-refractivity contribution < 1.29 is 4.79 Å². The lowest BCUT2D eigenvalue weighted by Crippen LogP contribution is -2.48. The van der Waals surface area contributed by atoms with Crippen molar-refractivity contribution in [2.45, 2.75) is 4.90 Å². The number of thioether (sulfide) groups is 1. The molecule has 3 nitrogen and oxygen atoms in total. The Morgan fingerprint density at radius 3 is 3.00 bits per heavy atom. The molecule has 6 heteroatoms. The smallest absolute Gasteiger partial charge is 0.234 e. The van der Waals surface area contributed by atoms with Crippen LogP contribution < -0.4 is 5.32 Å². The molecule has 1 saturated heterocycles. The van der Waals surface area contributed by atoms with Crippen molar-refractivity contribution in [2.24, 2.45) is 0 Å². The van der Waals surface area contributed by atoms with E-state index in [4.69, 9.17) is 23.2 Å². The number of nitrogens with one attached hydrogen (secondary N) is 1. The Labute approximate surface area is 121 Å². The third kappa shape index (κ3) is 4.05. The second-order valence-electron chi connectivity index (χ2n) is 4.05. The van der Waals surface area contributed by atoms with Gasteiger partial charge in [0.1, 0.15) is 0 Å². The van der Waals surface area contributed by atoms with E-state index in [2.05, 4.69) is 10.2 Å². The Hall–Kier alpha value is -0.420. The van der Waals surface area contributed by atoms with Crippen molar-refractivity contribution in [1.82, 2.24) is 10.2 Å². The molecule has 1 heterocycles. The third-order valence-electron chi connectivity index (χ3n) is 2.68. The highest BCUT2D eigenvalue weighted by Crippen LogP contribution is 2.29. The van der Waals surface area contributed by atoms with Crippen molar-refractivity contribution in [3.05, 3.63) is 28.2 Å². The highest BCUT2D eigenvalue weighted by molar-refractivity contribution is 7.99. The van der Waals surface area contributed by atoms with Crippen molar-refractivity contribution >= 4 is 40.9 Å². The standard InChI is InChI=1S/C12H14Cl2N2OS/c13-9-1-2-10(14)11(7-9)18-6-5-16-4-3-15-12(17)8-16/h1-2,7H,3-6,8H2,(H,15,17). The average molecular weight is 305 g/mol. The van der Waals surface area contributed by atoms with E-state index < -0.39 is 0 Å². The first-order valence-electron chi connectivity index (χ1n) is 5.72. The number of amides is 1. The third-order valence-corrected chi connectivity index (χ3v) is 4.39. The first-order valence-corrected chi connectivity index (χ1v) is 7.46. The molecule has 0 unspecified atom stereocenters. The van der Waals surface area contributed by atoms with Crippen molar-refractivity contribution in [1.29, 1.82) is 0 Å². The normalized spacial score (nSPS) is 16.7. The van der Waals surface area contributed by atoms with Gasteiger partial charge in [0.2, 0.25) is 5.91 Å². The van der Waals surface area contributed by atoms with Crippen LogP contribution >= 0.6 is 35.0 Å². The lowest BCUT2D eigenvalue weighted by atomic mass is 10.3. The molecule has 0 aliphatic carbocycles. The van der Waals surface area contributed by atoms with Crippen LogP contribution in [0.1, 0.15) is 0 Å². The van der Waals surface area contributed by atoms with Gasteiger partial charge >= 0.3 is 0 Å². The number of carbonyl (C=O) groups excluding carboxylic acids is 1. The summed E-state index contributed by atoms with van der Waals surface area (Å²) >= 11 is 13.7. The molecule has 1 fully saturated rings. The molecule has 18 heavy (non-hydrogen) atoms. The quantitative estimate of drug-likeness (QED) is 0.868. The van der Waals surface area contributed by atoms with Gasteiger partial charge in [0.15, 0.2) is 0 Å². The highest BCUT2D eigenvalue weighted by atomic mass is 35.5. The maximum atomic E-state index is 11.2. The van der Waals surface area contributed by atoms with Gasteiger partial charge in [-0.3, -0.25) is 9.69 Å². The van der Waals surface area contributed by atoms with E-state index >= 15 is 0 Å². The summed E-state index contributed by atoms with van der Waals surface area (Å²) < 4.78 is 0. The highest BCUT2D eigenvalue weighted by Gasteiger charge is 2.15. The number of nitrogens with zero attached hydrogens (tertiary/aromatic N) is 1. The van der Waals surface area contributed by atoms with E-state index in [-0.39, 0.29) is 5.91 Å². The van der Waals surface area contributed by atoms with Gasteiger partial charge in [0.25, 0.3) is 0 Å². The topological polar surface area (TPSA) is 32.3 Å². The minimum atomic E-state index is 0.104. The average Bonchev–Trinajstić information content (AvgIpc) is 2.34. The van der Waals surface area contributed by atoms with Crippen LogP contribution in [0.3, 0.4) is 0 Å². The Morgan fingerprint density at radius 1 is 1.39 bits per heavy atom. The minimum absolute atomic E-state index is 0.104. The predicted octanol–water partition coefficient (Wildman–Crippen LogP) is 2.52. The fourth-order valence-electron chi connectivity index (χ4n) is 1.75. The van der Waals surface area contributed by atoms with Crippen LogP contribution in [0.5, 0.6) is 0 Å². The van der Waals surface area contributed by atoms with Crippen LogP contribution in [0.25, 0.3) is 0 Å². The summed E-state index contributed by atoms with van der Waals surface area (Å²) in [5.41, 5.74) is 0. The van der Waals surface area contributed by atoms with Crippen LogP contribution in [0.15, 0.2) is 23.1 Å². The van der Waals surface area contributed by atoms with Gasteiger partial charge in [0, 0.05) is 35.3 Å². The van der Waals surface area contributed by atoms with Crippen molar-refractivity contribution in [3.8, 4) is 0 Å². The number of hydrogen-bond donors (Lipinski definition) is 1. The fraction of sp³-hybridized carbons (Fsp3) is 0.417. The SMILES string of the molecule is O=C1CN(CCSc2cc(Cl)ccc2Cl)CCN1. The maximum Gasteiger partial charge on any atom is 0.234 e. The van der Waals surface area contributed by atoms with E-state index in [1.54, 1.807) is 23.9 Å². The van der Waals surface area contributed by atoms with Crippen LogP contribution in [-0.4, -0.2) is 42.7 Å². The molecule has 1 N–H and O–H groups in total.